The van der Waals surface area contributed by atoms with Crippen LogP contribution in [0.15, 0.2) is 152 Å². The molecular formula is C44H35N3. The molecule has 1 heterocycles. The third kappa shape index (κ3) is 5.05. The van der Waals surface area contributed by atoms with Crippen LogP contribution in [0.5, 0.6) is 0 Å². The summed E-state index contributed by atoms with van der Waals surface area (Å²) in [5, 5.41) is 0. The molecule has 0 atom stereocenters. The predicted molar refractivity (Wildman–Crippen MR) is 194 cm³/mol. The summed E-state index contributed by atoms with van der Waals surface area (Å²) in [6.07, 6.45) is 2.19. The lowest BCUT2D eigenvalue weighted by Crippen LogP contribution is -2.22. The van der Waals surface area contributed by atoms with Crippen LogP contribution in [0, 0.1) is 0 Å². The van der Waals surface area contributed by atoms with Gasteiger partial charge in [-0.15, -0.1) is 0 Å². The predicted octanol–water partition coefficient (Wildman–Crippen LogP) is 11.3. The smallest absolute Gasteiger partial charge is 0.164 e. The van der Waals surface area contributed by atoms with E-state index in [-0.39, 0.29) is 5.41 Å². The number of rotatable bonds is 7. The van der Waals surface area contributed by atoms with E-state index in [1.807, 2.05) is 60.7 Å². The summed E-state index contributed by atoms with van der Waals surface area (Å²) in [7, 11) is 0. The summed E-state index contributed by atoms with van der Waals surface area (Å²) in [4.78, 5) is 14.8. The van der Waals surface area contributed by atoms with Crippen LogP contribution in [0.25, 0.3) is 67.5 Å². The zero-order valence-corrected chi connectivity index (χ0v) is 26.7. The number of hydrogen-bond acceptors (Lipinski definition) is 3. The van der Waals surface area contributed by atoms with Crippen LogP contribution in [0.3, 0.4) is 0 Å². The fourth-order valence-electron chi connectivity index (χ4n) is 7.31. The van der Waals surface area contributed by atoms with Crippen LogP contribution in [0.2, 0.25) is 0 Å². The maximum Gasteiger partial charge on any atom is 0.164 e. The Kier molecular flexibility index (Phi) is 7.30. The second kappa shape index (κ2) is 11.9. The summed E-state index contributed by atoms with van der Waals surface area (Å²) < 4.78 is 0. The zero-order chi connectivity index (χ0) is 31.8. The van der Waals surface area contributed by atoms with Gasteiger partial charge in [0.05, 0.1) is 0 Å². The highest BCUT2D eigenvalue weighted by atomic mass is 15.0. The monoisotopic (exact) mass is 605 g/mol. The van der Waals surface area contributed by atoms with E-state index in [0.29, 0.717) is 17.5 Å². The molecule has 0 N–H and O–H groups in total. The Morgan fingerprint density at radius 2 is 0.787 bits per heavy atom. The van der Waals surface area contributed by atoms with E-state index in [1.54, 1.807) is 0 Å². The second-order valence-electron chi connectivity index (χ2n) is 12.3. The van der Waals surface area contributed by atoms with Gasteiger partial charge in [0, 0.05) is 22.1 Å². The first-order chi connectivity index (χ1) is 23.2. The van der Waals surface area contributed by atoms with Gasteiger partial charge in [-0.3, -0.25) is 0 Å². The number of fused-ring (bicyclic) bond motifs is 3. The van der Waals surface area contributed by atoms with Gasteiger partial charge < -0.3 is 0 Å². The lowest BCUT2D eigenvalue weighted by Gasteiger charge is -2.29. The molecule has 8 rings (SSSR count). The fourth-order valence-corrected chi connectivity index (χ4v) is 7.31. The maximum atomic E-state index is 4.95. The molecular weight excluding hydrogens is 571 g/mol. The van der Waals surface area contributed by atoms with Crippen molar-refractivity contribution in [2.24, 2.45) is 0 Å². The molecule has 0 saturated heterocycles. The molecule has 226 valence electrons. The topological polar surface area (TPSA) is 38.7 Å². The van der Waals surface area contributed by atoms with Crippen LogP contribution in [-0.4, -0.2) is 15.0 Å². The third-order valence-electron chi connectivity index (χ3n) is 9.82. The molecule has 1 aliphatic carbocycles. The van der Waals surface area contributed by atoms with E-state index < -0.39 is 0 Å². The summed E-state index contributed by atoms with van der Waals surface area (Å²) in [5.41, 5.74) is 13.3. The van der Waals surface area contributed by atoms with Gasteiger partial charge in [-0.25, -0.2) is 15.0 Å². The molecule has 0 fully saturated rings. The average molecular weight is 606 g/mol. The van der Waals surface area contributed by atoms with Crippen LogP contribution in [0.1, 0.15) is 37.8 Å². The van der Waals surface area contributed by atoms with Crippen molar-refractivity contribution >= 4 is 0 Å². The third-order valence-corrected chi connectivity index (χ3v) is 9.82. The molecule has 7 aromatic rings. The van der Waals surface area contributed by atoms with Gasteiger partial charge in [0.15, 0.2) is 17.5 Å². The lowest BCUT2D eigenvalue weighted by atomic mass is 9.74. The van der Waals surface area contributed by atoms with Crippen LogP contribution in [-0.2, 0) is 5.41 Å². The minimum atomic E-state index is 0.0858. The molecule has 3 heteroatoms. The summed E-state index contributed by atoms with van der Waals surface area (Å²) in [6, 6.07) is 53.7. The Morgan fingerprint density at radius 1 is 0.362 bits per heavy atom. The Morgan fingerprint density at radius 3 is 1.36 bits per heavy atom. The van der Waals surface area contributed by atoms with Crippen molar-refractivity contribution in [1.82, 2.24) is 15.0 Å². The molecule has 0 radical (unpaired) electrons. The molecule has 0 bridgehead atoms. The highest BCUT2D eigenvalue weighted by molar-refractivity contribution is 5.85. The molecule has 0 amide bonds. The van der Waals surface area contributed by atoms with Gasteiger partial charge >= 0.3 is 0 Å². The first-order valence-corrected chi connectivity index (χ1v) is 16.5. The van der Waals surface area contributed by atoms with E-state index in [0.717, 1.165) is 40.7 Å². The highest BCUT2D eigenvalue weighted by Crippen LogP contribution is 2.53. The SMILES string of the molecule is CCC1(CC)c2ccccc2-c2cc(-c3cccc(-c4cccc(-c5nc(-c6ccccc6)nc(-c6ccccc6)n5)c4)c3)ccc21. The van der Waals surface area contributed by atoms with Crippen molar-refractivity contribution in [3.63, 3.8) is 0 Å². The molecule has 0 aliphatic heterocycles. The summed E-state index contributed by atoms with van der Waals surface area (Å²) >= 11 is 0. The van der Waals surface area contributed by atoms with Crippen LogP contribution in [0.4, 0.5) is 0 Å². The van der Waals surface area contributed by atoms with Crippen LogP contribution < -0.4 is 0 Å². The fraction of sp³-hybridized carbons (Fsp3) is 0.114. The molecule has 3 nitrogen and oxygen atoms in total. The van der Waals surface area contributed by atoms with Gasteiger partial charge in [0.25, 0.3) is 0 Å². The van der Waals surface area contributed by atoms with Crippen LogP contribution >= 0.6 is 0 Å². The maximum absolute atomic E-state index is 4.95. The van der Waals surface area contributed by atoms with E-state index in [9.17, 15) is 0 Å². The van der Waals surface area contributed by atoms with Crippen molar-refractivity contribution in [1.29, 1.82) is 0 Å². The summed E-state index contributed by atoms with van der Waals surface area (Å²) in [5.74, 6) is 1.98. The minimum Gasteiger partial charge on any atom is -0.208 e. The van der Waals surface area contributed by atoms with Gasteiger partial charge in [-0.1, -0.05) is 147 Å². The molecule has 0 unspecified atom stereocenters. The van der Waals surface area contributed by atoms with Crippen molar-refractivity contribution in [3.05, 3.63) is 163 Å². The van der Waals surface area contributed by atoms with Crippen molar-refractivity contribution in [2.45, 2.75) is 32.1 Å². The summed E-state index contributed by atoms with van der Waals surface area (Å²) in [6.45, 7) is 4.64. The number of nitrogens with zero attached hydrogens (tertiary/aromatic N) is 3. The van der Waals surface area contributed by atoms with Gasteiger partial charge in [0.2, 0.25) is 0 Å². The van der Waals surface area contributed by atoms with Crippen molar-refractivity contribution in [2.75, 3.05) is 0 Å². The molecule has 0 saturated carbocycles. The lowest BCUT2D eigenvalue weighted by molar-refractivity contribution is 0.490. The quantitative estimate of drug-likeness (QED) is 0.181. The van der Waals surface area contributed by atoms with Gasteiger partial charge in [0.1, 0.15) is 0 Å². The average Bonchev–Trinajstić information content (AvgIpc) is 3.45. The van der Waals surface area contributed by atoms with Gasteiger partial charge in [-0.2, -0.15) is 0 Å². The van der Waals surface area contributed by atoms with E-state index in [1.165, 1.54) is 33.4 Å². The Balaban J connectivity index is 1.19. The Hall–Kier alpha value is -5.67. The minimum absolute atomic E-state index is 0.0858. The molecule has 1 aromatic heterocycles. The van der Waals surface area contributed by atoms with Gasteiger partial charge in [-0.05, 0) is 75.5 Å². The molecule has 47 heavy (non-hydrogen) atoms. The Labute approximate surface area is 276 Å². The Bertz CT molecular complexity index is 2160. The van der Waals surface area contributed by atoms with E-state index >= 15 is 0 Å². The first-order valence-electron chi connectivity index (χ1n) is 16.5. The number of aromatic nitrogens is 3. The normalized spacial score (nSPS) is 12.8. The molecule has 6 aromatic carbocycles. The van der Waals surface area contributed by atoms with Crippen molar-refractivity contribution in [3.8, 4) is 67.5 Å². The standard InChI is InChI=1S/C44H35N3/c1-3-44(4-2)39-24-12-11-23-37(39)38-29-35(25-26-40(38)44)33-20-13-19-32(27-33)34-21-14-22-36(28-34)43-46-41(30-15-7-5-8-16-30)45-42(47-43)31-17-9-6-10-18-31/h5-29H,3-4H2,1-2H3. The second-order valence-corrected chi connectivity index (χ2v) is 12.3. The van der Waals surface area contributed by atoms with E-state index in [4.69, 9.17) is 15.0 Å². The largest absolute Gasteiger partial charge is 0.208 e. The first kappa shape index (κ1) is 28.8. The van der Waals surface area contributed by atoms with E-state index in [2.05, 4.69) is 105 Å². The zero-order valence-electron chi connectivity index (χ0n) is 26.7. The molecule has 0 spiro atoms. The van der Waals surface area contributed by atoms with Crippen molar-refractivity contribution < 1.29 is 0 Å². The number of hydrogen-bond donors (Lipinski definition) is 0. The highest BCUT2D eigenvalue weighted by Gasteiger charge is 2.40. The number of benzene rings is 6. The molecule has 1 aliphatic rings.